The number of nitrogens with zero attached hydrogens (tertiary/aromatic N) is 1. The van der Waals surface area contributed by atoms with Gasteiger partial charge in [-0.15, -0.1) is 0 Å². The standard InChI is InChI=1S/C14H12ClNO3/c1-2-19-14(18)10-11(15)9-5-3-4-8-6-7-16(12(8)9)13(10)17/h3-5H,2,6-7H2,1H3. The Bertz CT molecular complexity index is 748. The molecule has 1 aromatic carbocycles. The van der Waals surface area contributed by atoms with Gasteiger partial charge in [0.1, 0.15) is 5.56 Å². The van der Waals surface area contributed by atoms with Crippen molar-refractivity contribution >= 4 is 28.5 Å². The molecule has 0 saturated carbocycles. The lowest BCUT2D eigenvalue weighted by Gasteiger charge is -2.10. The predicted octanol–water partition coefficient (Wildman–Crippen LogP) is 2.39. The molecule has 5 heteroatoms. The van der Waals surface area contributed by atoms with Gasteiger partial charge in [-0.05, 0) is 18.9 Å². The molecule has 0 N–H and O–H groups in total. The second kappa shape index (κ2) is 4.38. The van der Waals surface area contributed by atoms with E-state index >= 15 is 0 Å². The smallest absolute Gasteiger partial charge is 0.345 e. The normalized spacial score (nSPS) is 12.9. The van der Waals surface area contributed by atoms with Crippen LogP contribution in [-0.2, 0) is 17.7 Å². The molecule has 19 heavy (non-hydrogen) atoms. The molecule has 3 rings (SSSR count). The Kier molecular flexibility index (Phi) is 2.82. The van der Waals surface area contributed by atoms with Gasteiger partial charge in [0.25, 0.3) is 5.56 Å². The summed E-state index contributed by atoms with van der Waals surface area (Å²) in [5.74, 6) is -0.652. The van der Waals surface area contributed by atoms with Gasteiger partial charge in [0, 0.05) is 11.9 Å². The van der Waals surface area contributed by atoms with Crippen molar-refractivity contribution in [1.82, 2.24) is 4.57 Å². The van der Waals surface area contributed by atoms with Crippen molar-refractivity contribution < 1.29 is 9.53 Å². The van der Waals surface area contributed by atoms with Crippen LogP contribution in [0.1, 0.15) is 22.8 Å². The van der Waals surface area contributed by atoms with Crippen LogP contribution in [0.15, 0.2) is 23.0 Å². The molecule has 0 amide bonds. The molecule has 1 aromatic heterocycles. The van der Waals surface area contributed by atoms with E-state index < -0.39 is 5.97 Å². The highest BCUT2D eigenvalue weighted by Gasteiger charge is 2.25. The Hall–Kier alpha value is -1.81. The molecule has 1 aliphatic rings. The van der Waals surface area contributed by atoms with E-state index in [0.29, 0.717) is 6.54 Å². The van der Waals surface area contributed by atoms with Gasteiger partial charge in [-0.2, -0.15) is 0 Å². The number of carbonyl (C=O) groups is 1. The van der Waals surface area contributed by atoms with Crippen LogP contribution in [0.4, 0.5) is 0 Å². The Morgan fingerprint density at radius 1 is 1.47 bits per heavy atom. The van der Waals surface area contributed by atoms with Gasteiger partial charge in [-0.1, -0.05) is 29.8 Å². The molecule has 4 nitrogen and oxygen atoms in total. The fourth-order valence-corrected chi connectivity index (χ4v) is 2.89. The first-order chi connectivity index (χ1) is 9.15. The largest absolute Gasteiger partial charge is 0.462 e. The van der Waals surface area contributed by atoms with Crippen molar-refractivity contribution in [3.05, 3.63) is 44.7 Å². The van der Waals surface area contributed by atoms with Crippen LogP contribution < -0.4 is 5.56 Å². The van der Waals surface area contributed by atoms with Crippen molar-refractivity contribution in [1.29, 1.82) is 0 Å². The minimum atomic E-state index is -0.652. The van der Waals surface area contributed by atoms with Gasteiger partial charge in [-0.3, -0.25) is 4.79 Å². The summed E-state index contributed by atoms with van der Waals surface area (Å²) in [6.45, 7) is 2.49. The maximum Gasteiger partial charge on any atom is 0.345 e. The lowest BCUT2D eigenvalue weighted by atomic mass is 10.1. The molecular formula is C14H12ClNO3. The number of ether oxygens (including phenoxy) is 1. The van der Waals surface area contributed by atoms with E-state index in [4.69, 9.17) is 16.3 Å². The van der Waals surface area contributed by atoms with E-state index in [1.54, 1.807) is 11.5 Å². The van der Waals surface area contributed by atoms with Crippen LogP contribution in [0, 0.1) is 0 Å². The number of halogens is 1. The number of rotatable bonds is 2. The average molecular weight is 278 g/mol. The maximum absolute atomic E-state index is 12.4. The summed E-state index contributed by atoms with van der Waals surface area (Å²) in [4.78, 5) is 24.3. The molecule has 0 spiro atoms. The molecule has 0 unspecified atom stereocenters. The van der Waals surface area contributed by atoms with Crippen LogP contribution in [0.3, 0.4) is 0 Å². The van der Waals surface area contributed by atoms with Gasteiger partial charge < -0.3 is 9.30 Å². The highest BCUT2D eigenvalue weighted by molar-refractivity contribution is 6.38. The molecule has 0 atom stereocenters. The average Bonchev–Trinajstić information content (AvgIpc) is 2.81. The number of pyridine rings is 1. The van der Waals surface area contributed by atoms with E-state index in [-0.39, 0.29) is 22.8 Å². The number of aryl methyl sites for hydroxylation is 2. The van der Waals surface area contributed by atoms with E-state index in [2.05, 4.69) is 0 Å². The fourth-order valence-electron chi connectivity index (χ4n) is 2.58. The van der Waals surface area contributed by atoms with Crippen LogP contribution in [0.5, 0.6) is 0 Å². The summed E-state index contributed by atoms with van der Waals surface area (Å²) >= 11 is 6.24. The second-order valence-corrected chi connectivity index (χ2v) is 4.81. The number of para-hydroxylation sites is 1. The first kappa shape index (κ1) is 12.2. The van der Waals surface area contributed by atoms with E-state index in [9.17, 15) is 9.59 Å². The van der Waals surface area contributed by atoms with Crippen LogP contribution in [0.25, 0.3) is 10.9 Å². The number of esters is 1. The molecule has 98 valence electrons. The lowest BCUT2D eigenvalue weighted by Crippen LogP contribution is -2.27. The van der Waals surface area contributed by atoms with Crippen LogP contribution in [0.2, 0.25) is 5.02 Å². The number of aromatic nitrogens is 1. The van der Waals surface area contributed by atoms with Crippen molar-refractivity contribution in [3.8, 4) is 0 Å². The molecule has 2 aromatic rings. The Morgan fingerprint density at radius 2 is 2.26 bits per heavy atom. The van der Waals surface area contributed by atoms with Gasteiger partial charge in [0.05, 0.1) is 17.1 Å². The minimum absolute atomic E-state index is 0.0601. The number of hydrogen-bond acceptors (Lipinski definition) is 3. The Labute approximate surface area is 114 Å². The first-order valence-electron chi connectivity index (χ1n) is 6.16. The minimum Gasteiger partial charge on any atom is -0.462 e. The predicted molar refractivity (Wildman–Crippen MR) is 72.9 cm³/mol. The van der Waals surface area contributed by atoms with Crippen LogP contribution in [-0.4, -0.2) is 17.1 Å². The number of carbonyl (C=O) groups excluding carboxylic acids is 1. The van der Waals surface area contributed by atoms with Crippen molar-refractivity contribution in [2.24, 2.45) is 0 Å². The van der Waals surface area contributed by atoms with Gasteiger partial charge in [0.15, 0.2) is 0 Å². The van der Waals surface area contributed by atoms with Gasteiger partial charge in [0.2, 0.25) is 0 Å². The van der Waals surface area contributed by atoms with Gasteiger partial charge in [-0.25, -0.2) is 4.79 Å². The van der Waals surface area contributed by atoms with Crippen molar-refractivity contribution in [3.63, 3.8) is 0 Å². The van der Waals surface area contributed by atoms with E-state index in [0.717, 1.165) is 22.9 Å². The van der Waals surface area contributed by atoms with Gasteiger partial charge >= 0.3 is 5.97 Å². The third-order valence-corrected chi connectivity index (χ3v) is 3.78. The first-order valence-corrected chi connectivity index (χ1v) is 6.54. The summed E-state index contributed by atoms with van der Waals surface area (Å²) < 4.78 is 6.53. The highest BCUT2D eigenvalue weighted by Crippen LogP contribution is 2.31. The van der Waals surface area contributed by atoms with Crippen LogP contribution >= 0.6 is 11.6 Å². The third kappa shape index (κ3) is 1.67. The zero-order valence-corrected chi connectivity index (χ0v) is 11.2. The third-order valence-electron chi connectivity index (χ3n) is 3.39. The van der Waals surface area contributed by atoms with Crippen molar-refractivity contribution in [2.75, 3.05) is 6.61 Å². The molecule has 0 aliphatic carbocycles. The molecule has 1 aliphatic heterocycles. The second-order valence-electron chi connectivity index (χ2n) is 4.43. The lowest BCUT2D eigenvalue weighted by molar-refractivity contribution is 0.0524. The van der Waals surface area contributed by atoms with Crippen molar-refractivity contribution in [2.45, 2.75) is 19.9 Å². The van der Waals surface area contributed by atoms with E-state index in [1.807, 2.05) is 18.2 Å². The summed E-state index contributed by atoms with van der Waals surface area (Å²) in [6, 6.07) is 5.69. The quantitative estimate of drug-likeness (QED) is 0.792. The molecule has 0 radical (unpaired) electrons. The fraction of sp³-hybridized carbons (Fsp3) is 0.286. The zero-order valence-electron chi connectivity index (χ0n) is 10.4. The SMILES string of the molecule is CCOC(=O)c1c(Cl)c2cccc3c2n(c1=O)CC3. The summed E-state index contributed by atoms with van der Waals surface area (Å²) in [5, 5.41) is 0.928. The molecule has 0 fully saturated rings. The Balaban J connectivity index is 2.39. The number of benzene rings is 1. The highest BCUT2D eigenvalue weighted by atomic mass is 35.5. The topological polar surface area (TPSA) is 48.3 Å². The monoisotopic (exact) mass is 277 g/mol. The molecule has 2 heterocycles. The zero-order chi connectivity index (χ0) is 13.6. The molecule has 0 bridgehead atoms. The van der Waals surface area contributed by atoms with E-state index in [1.165, 1.54) is 0 Å². The summed E-state index contributed by atoms with van der Waals surface area (Å²) in [5.41, 5.74) is 1.51. The number of hydrogen-bond donors (Lipinski definition) is 0. The summed E-state index contributed by atoms with van der Waals surface area (Å²) in [6.07, 6.45) is 0.787. The molecule has 0 saturated heterocycles. The maximum atomic E-state index is 12.4. The Morgan fingerprint density at radius 3 is 3.00 bits per heavy atom. The molecular weight excluding hydrogens is 266 g/mol. The summed E-state index contributed by atoms with van der Waals surface area (Å²) in [7, 11) is 0.